The first-order valence-corrected chi connectivity index (χ1v) is 10.4. The Labute approximate surface area is 167 Å². The van der Waals surface area contributed by atoms with E-state index in [1.165, 1.54) is 23.3 Å². The Morgan fingerprint density at radius 1 is 1.14 bits per heavy atom. The van der Waals surface area contributed by atoms with Crippen LogP contribution in [-0.2, 0) is 25.7 Å². The second-order valence-corrected chi connectivity index (χ2v) is 7.75. The Bertz CT molecular complexity index is 789. The fraction of sp³-hybridized carbons (Fsp3) is 0.440. The lowest BCUT2D eigenvalue weighted by atomic mass is 9.81. The predicted molar refractivity (Wildman–Crippen MR) is 111 cm³/mol. The fourth-order valence-corrected chi connectivity index (χ4v) is 4.01. The Hall–Kier alpha value is -2.16. The summed E-state index contributed by atoms with van der Waals surface area (Å²) < 4.78 is 34.3. The van der Waals surface area contributed by atoms with E-state index < -0.39 is 11.6 Å². The highest BCUT2D eigenvalue weighted by molar-refractivity contribution is 5.37. The molecule has 0 saturated heterocycles. The molecule has 1 atom stereocenters. The topological polar surface area (TPSA) is 9.23 Å². The minimum Gasteiger partial charge on any atom is -0.494 e. The molecular formula is C25H30F2O. The van der Waals surface area contributed by atoms with E-state index in [0.29, 0.717) is 30.9 Å². The molecule has 0 amide bonds. The van der Waals surface area contributed by atoms with E-state index in [-0.39, 0.29) is 5.56 Å². The summed E-state index contributed by atoms with van der Waals surface area (Å²) in [5, 5.41) is 0. The Kier molecular flexibility index (Phi) is 7.24. The molecule has 1 aliphatic rings. The van der Waals surface area contributed by atoms with Gasteiger partial charge in [-0.05, 0) is 98.2 Å². The van der Waals surface area contributed by atoms with Gasteiger partial charge >= 0.3 is 0 Å². The van der Waals surface area contributed by atoms with Crippen LogP contribution in [0.1, 0.15) is 54.9 Å². The van der Waals surface area contributed by atoms with E-state index in [2.05, 4.69) is 18.7 Å². The summed E-state index contributed by atoms with van der Waals surface area (Å²) in [5.74, 6) is 0.607. The van der Waals surface area contributed by atoms with Gasteiger partial charge in [-0.1, -0.05) is 19.1 Å². The van der Waals surface area contributed by atoms with Crippen molar-refractivity contribution in [2.45, 2.75) is 58.3 Å². The first-order chi connectivity index (χ1) is 13.6. The molecule has 0 saturated carbocycles. The third-order valence-electron chi connectivity index (χ3n) is 5.74. The number of rotatable bonds is 9. The monoisotopic (exact) mass is 384 g/mol. The van der Waals surface area contributed by atoms with Crippen molar-refractivity contribution in [3.05, 3.63) is 76.9 Å². The number of benzene rings is 2. The zero-order valence-corrected chi connectivity index (χ0v) is 16.8. The smallest absolute Gasteiger partial charge is 0.129 e. The van der Waals surface area contributed by atoms with Crippen molar-refractivity contribution >= 4 is 0 Å². The van der Waals surface area contributed by atoms with Crippen LogP contribution in [0.2, 0.25) is 0 Å². The van der Waals surface area contributed by atoms with E-state index in [0.717, 1.165) is 44.3 Å². The van der Waals surface area contributed by atoms with Gasteiger partial charge in [-0.3, -0.25) is 0 Å². The number of hydrogen-bond donors (Lipinski definition) is 0. The van der Waals surface area contributed by atoms with Crippen molar-refractivity contribution in [1.29, 1.82) is 0 Å². The minimum absolute atomic E-state index is 0.242. The molecule has 28 heavy (non-hydrogen) atoms. The van der Waals surface area contributed by atoms with E-state index in [1.807, 2.05) is 19.1 Å². The molecule has 0 aromatic heterocycles. The molecule has 0 aliphatic heterocycles. The van der Waals surface area contributed by atoms with Crippen molar-refractivity contribution in [3.8, 4) is 5.75 Å². The molecule has 0 fully saturated rings. The third kappa shape index (κ3) is 5.21. The summed E-state index contributed by atoms with van der Waals surface area (Å²) >= 11 is 0. The van der Waals surface area contributed by atoms with Crippen molar-refractivity contribution in [2.24, 2.45) is 5.92 Å². The standard InChI is InChI=1S/C25H30F2O/c1-3-5-6-13-28-22-11-10-20-14-19(7-9-21(20)17-22)8-12-23-24(26)15-18(4-2)16-25(23)27/h3,10-11,15-17,19H,1,4-9,12-14H2,2H3. The molecule has 150 valence electrons. The number of ether oxygens (including phenoxy) is 1. The molecule has 3 heteroatoms. The number of hydrogen-bond acceptors (Lipinski definition) is 1. The quantitative estimate of drug-likeness (QED) is 0.349. The van der Waals surface area contributed by atoms with Crippen LogP contribution in [0.3, 0.4) is 0 Å². The molecule has 1 aliphatic carbocycles. The van der Waals surface area contributed by atoms with Gasteiger partial charge in [0.15, 0.2) is 0 Å². The summed E-state index contributed by atoms with van der Waals surface area (Å²) in [5.41, 5.74) is 3.65. The molecule has 1 unspecified atom stereocenters. The summed E-state index contributed by atoms with van der Waals surface area (Å²) in [6, 6.07) is 9.30. The summed E-state index contributed by atoms with van der Waals surface area (Å²) in [6.45, 7) is 6.34. The third-order valence-corrected chi connectivity index (χ3v) is 5.74. The second kappa shape index (κ2) is 9.86. The molecule has 0 spiro atoms. The van der Waals surface area contributed by atoms with Gasteiger partial charge in [-0.25, -0.2) is 8.78 Å². The van der Waals surface area contributed by atoms with Crippen molar-refractivity contribution < 1.29 is 13.5 Å². The molecule has 0 heterocycles. The number of halogens is 2. The molecule has 1 nitrogen and oxygen atoms in total. The first-order valence-electron chi connectivity index (χ1n) is 10.4. The van der Waals surface area contributed by atoms with Crippen LogP contribution in [0.15, 0.2) is 43.0 Å². The van der Waals surface area contributed by atoms with Gasteiger partial charge in [0, 0.05) is 5.56 Å². The first kappa shape index (κ1) is 20.6. The molecule has 0 radical (unpaired) electrons. The van der Waals surface area contributed by atoms with E-state index in [4.69, 9.17) is 4.74 Å². The molecular weight excluding hydrogens is 354 g/mol. The molecule has 2 aromatic rings. The minimum atomic E-state index is -0.397. The second-order valence-electron chi connectivity index (χ2n) is 7.75. The van der Waals surface area contributed by atoms with Gasteiger partial charge < -0.3 is 4.74 Å². The maximum atomic E-state index is 14.2. The SMILES string of the molecule is C=CCCCOc1ccc2c(c1)CCC(CCc1c(F)cc(CC)cc1F)C2. The average molecular weight is 385 g/mol. The maximum Gasteiger partial charge on any atom is 0.129 e. The number of aryl methyl sites for hydroxylation is 2. The fourth-order valence-electron chi connectivity index (χ4n) is 4.01. The van der Waals surface area contributed by atoms with Crippen LogP contribution >= 0.6 is 0 Å². The number of unbranched alkanes of at least 4 members (excludes halogenated alkanes) is 1. The largest absolute Gasteiger partial charge is 0.494 e. The van der Waals surface area contributed by atoms with Gasteiger partial charge in [-0.15, -0.1) is 6.58 Å². The van der Waals surface area contributed by atoms with Crippen LogP contribution in [0.4, 0.5) is 8.78 Å². The van der Waals surface area contributed by atoms with Crippen LogP contribution in [0.25, 0.3) is 0 Å². The molecule has 0 bridgehead atoms. The molecule has 3 rings (SSSR count). The van der Waals surface area contributed by atoms with Crippen molar-refractivity contribution in [2.75, 3.05) is 6.61 Å². The zero-order chi connectivity index (χ0) is 19.9. The van der Waals surface area contributed by atoms with Crippen LogP contribution in [0.5, 0.6) is 5.75 Å². The Morgan fingerprint density at radius 2 is 1.93 bits per heavy atom. The highest BCUT2D eigenvalue weighted by Crippen LogP contribution is 2.31. The van der Waals surface area contributed by atoms with E-state index >= 15 is 0 Å². The lowest BCUT2D eigenvalue weighted by Crippen LogP contribution is -2.16. The lowest BCUT2D eigenvalue weighted by Gasteiger charge is -2.25. The normalized spacial score (nSPS) is 15.9. The van der Waals surface area contributed by atoms with Gasteiger partial charge in [-0.2, -0.15) is 0 Å². The van der Waals surface area contributed by atoms with Crippen LogP contribution < -0.4 is 4.74 Å². The Balaban J connectivity index is 1.56. The summed E-state index contributed by atoms with van der Waals surface area (Å²) in [7, 11) is 0. The van der Waals surface area contributed by atoms with Gasteiger partial charge in [0.05, 0.1) is 6.61 Å². The van der Waals surface area contributed by atoms with Gasteiger partial charge in [0.2, 0.25) is 0 Å². The highest BCUT2D eigenvalue weighted by Gasteiger charge is 2.20. The summed E-state index contributed by atoms with van der Waals surface area (Å²) in [6.07, 6.45) is 8.82. The summed E-state index contributed by atoms with van der Waals surface area (Å²) in [4.78, 5) is 0. The van der Waals surface area contributed by atoms with Gasteiger partial charge in [0.25, 0.3) is 0 Å². The highest BCUT2D eigenvalue weighted by atomic mass is 19.1. The average Bonchev–Trinajstić information content (AvgIpc) is 2.70. The van der Waals surface area contributed by atoms with Crippen molar-refractivity contribution in [3.63, 3.8) is 0 Å². The predicted octanol–water partition coefficient (Wildman–Crippen LogP) is 6.61. The Morgan fingerprint density at radius 3 is 2.64 bits per heavy atom. The van der Waals surface area contributed by atoms with Crippen LogP contribution in [0, 0.1) is 17.6 Å². The lowest BCUT2D eigenvalue weighted by molar-refractivity contribution is 0.311. The van der Waals surface area contributed by atoms with Crippen molar-refractivity contribution in [1.82, 2.24) is 0 Å². The number of allylic oxidation sites excluding steroid dienone is 1. The van der Waals surface area contributed by atoms with Crippen LogP contribution in [-0.4, -0.2) is 6.61 Å². The maximum absolute atomic E-state index is 14.2. The van der Waals surface area contributed by atoms with E-state index in [9.17, 15) is 8.78 Å². The molecule has 0 N–H and O–H groups in total. The van der Waals surface area contributed by atoms with Gasteiger partial charge in [0.1, 0.15) is 17.4 Å². The number of fused-ring (bicyclic) bond motifs is 1. The van der Waals surface area contributed by atoms with E-state index in [1.54, 1.807) is 0 Å². The molecule has 2 aromatic carbocycles. The zero-order valence-electron chi connectivity index (χ0n) is 16.8.